The molecule has 0 spiro atoms. The Balaban J connectivity index is 1.98. The van der Waals surface area contributed by atoms with E-state index in [1.54, 1.807) is 0 Å². The molecule has 0 radical (unpaired) electrons. The predicted octanol–water partition coefficient (Wildman–Crippen LogP) is 3.34. The van der Waals surface area contributed by atoms with Crippen LogP contribution >= 0.6 is 0 Å². The van der Waals surface area contributed by atoms with Crippen LogP contribution in [0.15, 0.2) is 18.2 Å². The van der Waals surface area contributed by atoms with Gasteiger partial charge in [0.05, 0.1) is 0 Å². The minimum Gasteiger partial charge on any atom is -0.374 e. The van der Waals surface area contributed by atoms with Crippen LogP contribution in [-0.4, -0.2) is 19.6 Å². The predicted molar refractivity (Wildman–Crippen MR) is 79.1 cm³/mol. The molecule has 0 amide bonds. The van der Waals surface area contributed by atoms with E-state index in [0.29, 0.717) is 5.92 Å². The number of anilines is 1. The molecule has 18 heavy (non-hydrogen) atoms. The van der Waals surface area contributed by atoms with Crippen molar-refractivity contribution in [2.75, 3.05) is 18.5 Å². The minimum absolute atomic E-state index is 0.700. The van der Waals surface area contributed by atoms with Crippen molar-refractivity contribution in [2.24, 2.45) is 5.92 Å². The molecule has 0 aliphatic heterocycles. The Hall–Kier alpha value is -1.02. The summed E-state index contributed by atoms with van der Waals surface area (Å²) in [4.78, 5) is 2.34. The molecule has 1 aromatic rings. The summed E-state index contributed by atoms with van der Waals surface area (Å²) in [5, 5.41) is 3.58. The van der Waals surface area contributed by atoms with E-state index in [9.17, 15) is 0 Å². The zero-order chi connectivity index (χ0) is 13.1. The van der Waals surface area contributed by atoms with E-state index in [-0.39, 0.29) is 0 Å². The number of benzene rings is 1. The van der Waals surface area contributed by atoms with Crippen LogP contribution < -0.4 is 10.2 Å². The second-order valence-corrected chi connectivity index (χ2v) is 6.04. The van der Waals surface area contributed by atoms with E-state index >= 15 is 0 Å². The van der Waals surface area contributed by atoms with Crippen molar-refractivity contribution >= 4 is 5.69 Å². The van der Waals surface area contributed by atoms with E-state index in [4.69, 9.17) is 0 Å². The number of hydrogen-bond donors (Lipinski definition) is 1. The van der Waals surface area contributed by atoms with Crippen LogP contribution in [0.25, 0.3) is 0 Å². The van der Waals surface area contributed by atoms with Gasteiger partial charge in [0.25, 0.3) is 0 Å². The van der Waals surface area contributed by atoms with Gasteiger partial charge in [0.15, 0.2) is 0 Å². The van der Waals surface area contributed by atoms with Crippen LogP contribution in [0.4, 0.5) is 5.69 Å². The Morgan fingerprint density at radius 2 is 2.06 bits per heavy atom. The van der Waals surface area contributed by atoms with Gasteiger partial charge in [-0.05, 0) is 48.9 Å². The second-order valence-electron chi connectivity index (χ2n) is 6.04. The molecule has 0 unspecified atom stereocenters. The van der Waals surface area contributed by atoms with Crippen molar-refractivity contribution in [1.29, 1.82) is 0 Å². The summed E-state index contributed by atoms with van der Waals surface area (Å²) in [5.74, 6) is 0.700. The Bertz CT molecular complexity index is 394. The maximum absolute atomic E-state index is 3.58. The third-order valence-corrected chi connectivity index (χ3v) is 3.56. The summed E-state index contributed by atoms with van der Waals surface area (Å²) >= 11 is 0. The van der Waals surface area contributed by atoms with Crippen molar-refractivity contribution in [2.45, 2.75) is 46.2 Å². The molecule has 0 heterocycles. The summed E-state index contributed by atoms with van der Waals surface area (Å²) in [6, 6.07) is 7.62. The largest absolute Gasteiger partial charge is 0.374 e. The van der Waals surface area contributed by atoms with Crippen LogP contribution in [0.3, 0.4) is 0 Å². The fourth-order valence-corrected chi connectivity index (χ4v) is 2.31. The van der Waals surface area contributed by atoms with Gasteiger partial charge in [-0.15, -0.1) is 0 Å². The van der Waals surface area contributed by atoms with Gasteiger partial charge in [0, 0.05) is 31.9 Å². The molecule has 1 aliphatic carbocycles. The summed E-state index contributed by atoms with van der Waals surface area (Å²) in [6.07, 6.45) is 2.71. The van der Waals surface area contributed by atoms with Gasteiger partial charge < -0.3 is 10.2 Å². The number of nitrogens with one attached hydrogen (secondary N) is 1. The minimum atomic E-state index is 0.700. The first kappa shape index (κ1) is 13.4. The van der Waals surface area contributed by atoms with E-state index in [0.717, 1.165) is 19.1 Å². The Morgan fingerprint density at radius 1 is 1.33 bits per heavy atom. The first-order valence-electron chi connectivity index (χ1n) is 7.10. The average Bonchev–Trinajstić information content (AvgIpc) is 3.10. The molecule has 2 nitrogen and oxygen atoms in total. The molecule has 1 N–H and O–H groups in total. The maximum Gasteiger partial charge on any atom is 0.0366 e. The smallest absolute Gasteiger partial charge is 0.0366 e. The molecule has 100 valence electrons. The van der Waals surface area contributed by atoms with Gasteiger partial charge in [-0.3, -0.25) is 0 Å². The molecular formula is C16H26N2. The fourth-order valence-electron chi connectivity index (χ4n) is 2.31. The highest BCUT2D eigenvalue weighted by molar-refractivity contribution is 5.50. The summed E-state index contributed by atoms with van der Waals surface area (Å²) in [5.41, 5.74) is 4.16. The van der Waals surface area contributed by atoms with Crippen molar-refractivity contribution in [3.63, 3.8) is 0 Å². The van der Waals surface area contributed by atoms with E-state index in [1.165, 1.54) is 29.7 Å². The monoisotopic (exact) mass is 246 g/mol. The highest BCUT2D eigenvalue weighted by Gasteiger charge is 2.20. The Morgan fingerprint density at radius 3 is 2.61 bits per heavy atom. The highest BCUT2D eigenvalue weighted by atomic mass is 15.1. The molecule has 1 saturated carbocycles. The Labute approximate surface area is 111 Å². The first-order chi connectivity index (χ1) is 8.56. The molecule has 1 aromatic carbocycles. The van der Waals surface area contributed by atoms with Crippen LogP contribution in [0.5, 0.6) is 0 Å². The lowest BCUT2D eigenvalue weighted by molar-refractivity contribution is 0.638. The molecule has 0 saturated heterocycles. The number of rotatable bonds is 6. The third-order valence-electron chi connectivity index (χ3n) is 3.56. The number of hydrogen-bond acceptors (Lipinski definition) is 2. The lowest BCUT2D eigenvalue weighted by Crippen LogP contribution is -2.22. The highest BCUT2D eigenvalue weighted by Crippen LogP contribution is 2.22. The molecule has 0 bridgehead atoms. The maximum atomic E-state index is 3.58. The van der Waals surface area contributed by atoms with Gasteiger partial charge in [-0.2, -0.15) is 0 Å². The van der Waals surface area contributed by atoms with Crippen molar-refractivity contribution in [3.8, 4) is 0 Å². The quantitative estimate of drug-likeness (QED) is 0.828. The fraction of sp³-hybridized carbons (Fsp3) is 0.625. The van der Waals surface area contributed by atoms with E-state index in [2.05, 4.69) is 56.2 Å². The van der Waals surface area contributed by atoms with Crippen LogP contribution in [0.1, 0.15) is 37.8 Å². The molecule has 2 heteroatoms. The average molecular weight is 246 g/mol. The van der Waals surface area contributed by atoms with Crippen molar-refractivity contribution < 1.29 is 0 Å². The van der Waals surface area contributed by atoms with Gasteiger partial charge in [-0.1, -0.05) is 19.9 Å². The summed E-state index contributed by atoms with van der Waals surface area (Å²) in [6.45, 7) is 8.87. The van der Waals surface area contributed by atoms with Gasteiger partial charge in [0.2, 0.25) is 0 Å². The first-order valence-corrected chi connectivity index (χ1v) is 7.10. The van der Waals surface area contributed by atoms with Gasteiger partial charge in [-0.25, -0.2) is 0 Å². The third kappa shape index (κ3) is 3.74. The van der Waals surface area contributed by atoms with Crippen molar-refractivity contribution in [3.05, 3.63) is 29.3 Å². The SMILES string of the molecule is Cc1cc(N(C)CC(C)C)ccc1CNC1CC1. The van der Waals surface area contributed by atoms with Gasteiger partial charge >= 0.3 is 0 Å². The van der Waals surface area contributed by atoms with Crippen LogP contribution in [-0.2, 0) is 6.54 Å². The summed E-state index contributed by atoms with van der Waals surface area (Å²) in [7, 11) is 2.18. The van der Waals surface area contributed by atoms with E-state index in [1.807, 2.05) is 0 Å². The molecule has 1 aliphatic rings. The lowest BCUT2D eigenvalue weighted by Gasteiger charge is -2.22. The Kier molecular flexibility index (Phi) is 4.28. The molecule has 2 rings (SSSR count). The lowest BCUT2D eigenvalue weighted by atomic mass is 10.1. The van der Waals surface area contributed by atoms with Crippen molar-refractivity contribution in [1.82, 2.24) is 5.32 Å². The molecule has 0 aromatic heterocycles. The van der Waals surface area contributed by atoms with Gasteiger partial charge in [0.1, 0.15) is 0 Å². The topological polar surface area (TPSA) is 15.3 Å². The normalized spacial score (nSPS) is 15.2. The van der Waals surface area contributed by atoms with E-state index < -0.39 is 0 Å². The second kappa shape index (κ2) is 5.75. The number of aryl methyl sites for hydroxylation is 1. The van der Waals surface area contributed by atoms with Crippen LogP contribution in [0, 0.1) is 12.8 Å². The molecule has 0 atom stereocenters. The summed E-state index contributed by atoms with van der Waals surface area (Å²) < 4.78 is 0. The van der Waals surface area contributed by atoms with Crippen LogP contribution in [0.2, 0.25) is 0 Å². The number of nitrogens with zero attached hydrogens (tertiary/aromatic N) is 1. The zero-order valence-corrected chi connectivity index (χ0v) is 12.2. The standard InChI is InChI=1S/C16H26N2/c1-12(2)11-18(4)16-8-5-14(13(3)9-16)10-17-15-6-7-15/h5,8-9,12,15,17H,6-7,10-11H2,1-4H3. The molecule has 1 fully saturated rings. The molecular weight excluding hydrogens is 220 g/mol. The zero-order valence-electron chi connectivity index (χ0n) is 12.2.